The van der Waals surface area contributed by atoms with E-state index in [2.05, 4.69) is 74.7 Å². The highest BCUT2D eigenvalue weighted by molar-refractivity contribution is 7.45. The highest BCUT2D eigenvalue weighted by atomic mass is 31.2. The van der Waals surface area contributed by atoms with Crippen molar-refractivity contribution in [2.75, 3.05) is 40.9 Å². The van der Waals surface area contributed by atoms with Crippen molar-refractivity contribution in [1.29, 1.82) is 0 Å². The van der Waals surface area contributed by atoms with Crippen molar-refractivity contribution < 1.29 is 37.3 Å². The standard InChI is InChI=1S/C65H121N2O7P/c1-7-10-13-16-19-22-25-27-29-31-32-33-34-36-37-39-42-45-48-51-54-57-64(68)66-62(61-73-75(70,71)72-60-59-67(4,5)6)63(56-53-50-47-44-41-24-21-18-15-12-9-3)74-65(69)58-55-52-49-46-43-40-38-35-30-28-26-23-20-17-14-11-8-2/h19,22,27-30,32-33,53,56,62-63H,7-18,20-21,23-26,31,34-52,54-55,57-61H2,1-6H3,(H-,66,68,70,71)/b22-19-,29-27-,30-28+,33-32-,56-53-. The third-order valence-electron chi connectivity index (χ3n) is 13.9. The molecule has 1 N–H and O–H groups in total. The van der Waals surface area contributed by atoms with E-state index in [0.29, 0.717) is 17.4 Å². The van der Waals surface area contributed by atoms with Crippen LogP contribution in [0.15, 0.2) is 60.8 Å². The first-order chi connectivity index (χ1) is 36.4. The molecule has 75 heavy (non-hydrogen) atoms. The maximum absolute atomic E-state index is 13.5. The number of rotatable bonds is 57. The number of carbonyl (C=O) groups excluding carboxylic acids is 2. The average molecular weight is 1070 g/mol. The Bertz CT molecular complexity index is 1470. The molecule has 438 valence electrons. The fourth-order valence-electron chi connectivity index (χ4n) is 8.99. The van der Waals surface area contributed by atoms with Crippen molar-refractivity contribution in [1.82, 2.24) is 5.32 Å². The monoisotopic (exact) mass is 1070 g/mol. The van der Waals surface area contributed by atoms with Gasteiger partial charge in [-0.3, -0.25) is 14.2 Å². The quantitative estimate of drug-likeness (QED) is 0.0212. The zero-order chi connectivity index (χ0) is 55.0. The average Bonchev–Trinajstić information content (AvgIpc) is 3.37. The number of quaternary nitrogens is 1. The predicted molar refractivity (Wildman–Crippen MR) is 321 cm³/mol. The first-order valence-electron chi connectivity index (χ1n) is 31.6. The predicted octanol–water partition coefficient (Wildman–Crippen LogP) is 18.8. The highest BCUT2D eigenvalue weighted by Gasteiger charge is 2.27. The second-order valence-corrected chi connectivity index (χ2v) is 24.0. The molecular weight excluding hydrogens is 952 g/mol. The number of carbonyl (C=O) groups is 2. The van der Waals surface area contributed by atoms with Crippen LogP contribution >= 0.6 is 7.82 Å². The number of unbranched alkanes of at least 4 members (excludes halogenated alkanes) is 33. The number of nitrogens with zero attached hydrogens (tertiary/aromatic N) is 1. The van der Waals surface area contributed by atoms with Crippen LogP contribution in [-0.2, 0) is 27.9 Å². The molecule has 0 fully saturated rings. The maximum atomic E-state index is 13.5. The van der Waals surface area contributed by atoms with Crippen LogP contribution in [0.3, 0.4) is 0 Å². The van der Waals surface area contributed by atoms with Crippen molar-refractivity contribution in [3.63, 3.8) is 0 Å². The molecule has 0 saturated heterocycles. The van der Waals surface area contributed by atoms with E-state index in [1.54, 1.807) is 0 Å². The van der Waals surface area contributed by atoms with E-state index in [1.165, 1.54) is 161 Å². The van der Waals surface area contributed by atoms with Crippen molar-refractivity contribution in [2.45, 2.75) is 303 Å². The number of allylic oxidation sites excluding steroid dienone is 9. The van der Waals surface area contributed by atoms with Gasteiger partial charge in [0.2, 0.25) is 5.91 Å². The van der Waals surface area contributed by atoms with Gasteiger partial charge in [-0.05, 0) is 96.0 Å². The molecular formula is C65H121N2O7P. The van der Waals surface area contributed by atoms with Crippen LogP contribution in [0, 0.1) is 0 Å². The Labute approximate surface area is 464 Å². The van der Waals surface area contributed by atoms with Crippen molar-refractivity contribution in [2.24, 2.45) is 0 Å². The van der Waals surface area contributed by atoms with Crippen LogP contribution in [0.4, 0.5) is 0 Å². The third-order valence-corrected chi connectivity index (χ3v) is 14.9. The minimum absolute atomic E-state index is 0.0255. The van der Waals surface area contributed by atoms with Crippen LogP contribution in [0.1, 0.15) is 290 Å². The molecule has 0 rings (SSSR count). The summed E-state index contributed by atoms with van der Waals surface area (Å²) in [6.45, 7) is 6.81. The number of esters is 1. The molecule has 0 aromatic rings. The van der Waals surface area contributed by atoms with E-state index in [0.717, 1.165) is 96.3 Å². The van der Waals surface area contributed by atoms with Crippen molar-refractivity contribution in [3.05, 3.63) is 60.8 Å². The van der Waals surface area contributed by atoms with Gasteiger partial charge in [0.05, 0.1) is 33.8 Å². The van der Waals surface area contributed by atoms with Crippen LogP contribution in [0.5, 0.6) is 0 Å². The SMILES string of the molecule is CCCCC/C=C\C/C=C\C/C=C\CCCCCCCCCCC(=O)NC(COP(=O)([O-])OCC[N+](C)(C)C)C(/C=C\CCCCCCCCCCC)OC(=O)CCCCCCCCC/C=C/CCCCCCCC. The summed E-state index contributed by atoms with van der Waals surface area (Å²) >= 11 is 0. The molecule has 0 aliphatic rings. The Kier molecular flexibility index (Phi) is 53.4. The van der Waals surface area contributed by atoms with Gasteiger partial charge in [-0.1, -0.05) is 242 Å². The van der Waals surface area contributed by atoms with Crippen LogP contribution in [-0.4, -0.2) is 69.4 Å². The van der Waals surface area contributed by atoms with E-state index in [4.69, 9.17) is 13.8 Å². The summed E-state index contributed by atoms with van der Waals surface area (Å²) in [7, 11) is 1.18. The zero-order valence-corrected chi connectivity index (χ0v) is 50.9. The molecule has 0 bridgehead atoms. The summed E-state index contributed by atoms with van der Waals surface area (Å²) in [5.74, 6) is -0.549. The lowest BCUT2D eigenvalue weighted by molar-refractivity contribution is -0.870. The third kappa shape index (κ3) is 56.2. The number of phosphoric ester groups is 1. The van der Waals surface area contributed by atoms with E-state index in [-0.39, 0.29) is 24.9 Å². The Balaban J connectivity index is 5.21. The molecule has 0 aliphatic heterocycles. The van der Waals surface area contributed by atoms with Gasteiger partial charge >= 0.3 is 5.97 Å². The highest BCUT2D eigenvalue weighted by Crippen LogP contribution is 2.38. The molecule has 1 amide bonds. The van der Waals surface area contributed by atoms with Crippen LogP contribution in [0.25, 0.3) is 0 Å². The second kappa shape index (κ2) is 55.0. The van der Waals surface area contributed by atoms with Gasteiger partial charge in [0.25, 0.3) is 7.82 Å². The fraction of sp³-hybridized carbons (Fsp3) is 0.815. The minimum Gasteiger partial charge on any atom is -0.756 e. The number of nitrogens with one attached hydrogen (secondary N) is 1. The van der Waals surface area contributed by atoms with Gasteiger partial charge in [0.1, 0.15) is 19.3 Å². The number of hydrogen-bond donors (Lipinski definition) is 1. The molecule has 0 aromatic carbocycles. The number of ether oxygens (including phenoxy) is 1. The van der Waals surface area contributed by atoms with Crippen LogP contribution < -0.4 is 10.2 Å². The molecule has 0 spiro atoms. The van der Waals surface area contributed by atoms with Crippen molar-refractivity contribution >= 4 is 19.7 Å². The molecule has 0 saturated carbocycles. The molecule has 0 heterocycles. The van der Waals surface area contributed by atoms with E-state index in [1.807, 2.05) is 33.3 Å². The number of amides is 1. The fourth-order valence-corrected chi connectivity index (χ4v) is 9.72. The Morgan fingerprint density at radius 1 is 0.467 bits per heavy atom. The molecule has 9 nitrogen and oxygen atoms in total. The first-order valence-corrected chi connectivity index (χ1v) is 33.1. The summed E-state index contributed by atoms with van der Waals surface area (Å²) in [4.78, 5) is 40.0. The Morgan fingerprint density at radius 2 is 0.813 bits per heavy atom. The normalized spacial score (nSPS) is 14.1. The molecule has 3 atom stereocenters. The van der Waals surface area contributed by atoms with Crippen LogP contribution in [0.2, 0.25) is 0 Å². The zero-order valence-electron chi connectivity index (χ0n) is 50.0. The number of phosphoric acid groups is 1. The van der Waals surface area contributed by atoms with E-state index < -0.39 is 26.6 Å². The van der Waals surface area contributed by atoms with Gasteiger partial charge in [0, 0.05) is 12.8 Å². The largest absolute Gasteiger partial charge is 0.756 e. The molecule has 0 aliphatic carbocycles. The molecule has 3 unspecified atom stereocenters. The number of likely N-dealkylation sites (N-methyl/N-ethyl adjacent to an activating group) is 1. The van der Waals surface area contributed by atoms with E-state index >= 15 is 0 Å². The molecule has 0 aromatic heterocycles. The van der Waals surface area contributed by atoms with Gasteiger partial charge in [0.15, 0.2) is 0 Å². The lowest BCUT2D eigenvalue weighted by atomic mass is 10.0. The lowest BCUT2D eigenvalue weighted by Crippen LogP contribution is -2.47. The summed E-state index contributed by atoms with van der Waals surface area (Å²) in [5.41, 5.74) is 0. The lowest BCUT2D eigenvalue weighted by Gasteiger charge is -2.30. The van der Waals surface area contributed by atoms with Gasteiger partial charge in [-0.2, -0.15) is 0 Å². The molecule has 10 heteroatoms. The second-order valence-electron chi connectivity index (χ2n) is 22.6. The van der Waals surface area contributed by atoms with Gasteiger partial charge in [-0.15, -0.1) is 0 Å². The summed E-state index contributed by atoms with van der Waals surface area (Å²) in [6.07, 6.45) is 69.0. The van der Waals surface area contributed by atoms with E-state index in [9.17, 15) is 19.0 Å². The smallest absolute Gasteiger partial charge is 0.306 e. The van der Waals surface area contributed by atoms with Crippen molar-refractivity contribution in [3.8, 4) is 0 Å². The first kappa shape index (κ1) is 72.7. The van der Waals surface area contributed by atoms with Gasteiger partial charge < -0.3 is 28.5 Å². The maximum Gasteiger partial charge on any atom is 0.306 e. The Hall–Kier alpha value is -2.29. The summed E-state index contributed by atoms with van der Waals surface area (Å²) in [5, 5.41) is 3.03. The summed E-state index contributed by atoms with van der Waals surface area (Å²) in [6, 6.07) is -0.894. The minimum atomic E-state index is -4.70. The number of hydrogen-bond acceptors (Lipinski definition) is 7. The topological polar surface area (TPSA) is 114 Å². The van der Waals surface area contributed by atoms with Gasteiger partial charge in [-0.25, -0.2) is 0 Å². The Morgan fingerprint density at radius 3 is 1.25 bits per heavy atom. The molecule has 0 radical (unpaired) electrons. The summed E-state index contributed by atoms with van der Waals surface area (Å²) < 4.78 is 30.3.